The van der Waals surface area contributed by atoms with E-state index in [0.717, 1.165) is 23.5 Å². The summed E-state index contributed by atoms with van der Waals surface area (Å²) < 4.78 is 36.0. The number of anilines is 3. The van der Waals surface area contributed by atoms with Crippen molar-refractivity contribution in [2.45, 2.75) is 38.6 Å². The van der Waals surface area contributed by atoms with Gasteiger partial charge >= 0.3 is 11.8 Å². The zero-order valence-electron chi connectivity index (χ0n) is 23.9. The average molecular weight is 606 g/mol. The summed E-state index contributed by atoms with van der Waals surface area (Å²) in [5, 5.41) is 6.07. The van der Waals surface area contributed by atoms with Gasteiger partial charge in [-0.05, 0) is 43.5 Å². The molecular formula is C28H34ClF2N7O4. The average Bonchev–Trinajstić information content (AvgIpc) is 3.22. The molecule has 2 aromatic heterocycles. The van der Waals surface area contributed by atoms with E-state index in [-0.39, 0.29) is 51.5 Å². The maximum atomic E-state index is 15.0. The van der Waals surface area contributed by atoms with E-state index < -0.39 is 17.5 Å². The molecule has 42 heavy (non-hydrogen) atoms. The van der Waals surface area contributed by atoms with Crippen molar-refractivity contribution >= 4 is 40.9 Å². The van der Waals surface area contributed by atoms with Crippen LogP contribution in [0.5, 0.6) is 0 Å². The quantitative estimate of drug-likeness (QED) is 0.240. The second-order valence-corrected chi connectivity index (χ2v) is 10.7. The van der Waals surface area contributed by atoms with Gasteiger partial charge in [-0.3, -0.25) is 14.3 Å². The second-order valence-electron chi connectivity index (χ2n) is 10.3. The fraction of sp³-hybridized carbons (Fsp3) is 0.429. The molecule has 3 aromatic rings. The summed E-state index contributed by atoms with van der Waals surface area (Å²) in [7, 11) is 4.48. The molecule has 1 saturated heterocycles. The van der Waals surface area contributed by atoms with E-state index in [0.29, 0.717) is 38.2 Å². The molecular weight excluding hydrogens is 572 g/mol. The lowest BCUT2D eigenvalue weighted by atomic mass is 10.0. The van der Waals surface area contributed by atoms with Crippen molar-refractivity contribution < 1.29 is 23.1 Å². The number of nitrogens with zero attached hydrogens (tertiary/aromatic N) is 4. The molecule has 0 spiro atoms. The lowest BCUT2D eigenvalue weighted by Gasteiger charge is -2.31. The number of hydrogen-bond donors (Lipinski definition) is 3. The van der Waals surface area contributed by atoms with Gasteiger partial charge in [0, 0.05) is 46.0 Å². The van der Waals surface area contributed by atoms with Crippen LogP contribution in [0.3, 0.4) is 0 Å². The number of carbonyl (C=O) groups is 2. The first-order valence-electron chi connectivity index (χ1n) is 13.6. The Bertz CT molecular complexity index is 1520. The first-order chi connectivity index (χ1) is 20.0. The number of amides is 2. The topological polar surface area (TPSA) is 125 Å². The van der Waals surface area contributed by atoms with Crippen LogP contribution in [0.1, 0.15) is 43.0 Å². The number of piperidine rings is 1. The predicted octanol–water partition coefficient (Wildman–Crippen LogP) is 4.65. The normalized spacial score (nSPS) is 13.6. The second kappa shape index (κ2) is 13.2. The van der Waals surface area contributed by atoms with Crippen LogP contribution in [0.15, 0.2) is 29.1 Å². The van der Waals surface area contributed by atoms with Crippen LogP contribution in [-0.2, 0) is 11.8 Å². The van der Waals surface area contributed by atoms with E-state index in [1.165, 1.54) is 38.2 Å². The molecule has 0 aliphatic carbocycles. The Kier molecular flexibility index (Phi) is 9.71. The molecule has 2 amide bonds. The van der Waals surface area contributed by atoms with E-state index in [9.17, 15) is 23.2 Å². The maximum Gasteiger partial charge on any atom is 0.409 e. The Hall–Kier alpha value is -4.13. The zero-order valence-corrected chi connectivity index (χ0v) is 24.6. The smallest absolute Gasteiger partial charge is 0.409 e. The largest absolute Gasteiger partial charge is 0.449 e. The highest BCUT2D eigenvalue weighted by Crippen LogP contribution is 2.32. The molecule has 1 aliphatic heterocycles. The number of H-pyrrole nitrogens is 1. The number of nitrogens with one attached hydrogen (secondary N) is 3. The van der Waals surface area contributed by atoms with Gasteiger partial charge in [-0.2, -0.15) is 9.37 Å². The Morgan fingerprint density at radius 2 is 1.93 bits per heavy atom. The lowest BCUT2D eigenvalue weighted by molar-refractivity contribution is 0.0836. The van der Waals surface area contributed by atoms with Gasteiger partial charge in [0.05, 0.1) is 28.5 Å². The lowest BCUT2D eigenvalue weighted by Crippen LogP contribution is -2.46. The summed E-state index contributed by atoms with van der Waals surface area (Å²) in [5.41, 5.74) is -0.0989. The molecule has 0 saturated carbocycles. The number of hydrogen-bond acceptors (Lipinski definition) is 7. The third kappa shape index (κ3) is 6.84. The van der Waals surface area contributed by atoms with Crippen molar-refractivity contribution in [2.75, 3.05) is 44.0 Å². The van der Waals surface area contributed by atoms with Crippen LogP contribution < -0.4 is 21.2 Å². The number of halogens is 3. The molecule has 1 fully saturated rings. The predicted molar refractivity (Wildman–Crippen MR) is 157 cm³/mol. The summed E-state index contributed by atoms with van der Waals surface area (Å²) in [5.74, 6) is -2.17. The highest BCUT2D eigenvalue weighted by Gasteiger charge is 2.26. The van der Waals surface area contributed by atoms with Crippen molar-refractivity contribution in [1.82, 2.24) is 24.8 Å². The minimum Gasteiger partial charge on any atom is -0.449 e. The molecule has 3 N–H and O–H groups in total. The standard InChI is InChI=1S/C28H34ClF2N7O4/c1-5-6-13-42-28(41)38-11-9-16(10-12-38)33-26(39)18-8-7-17(14-20(18)29)32-24-22(37(4)27(40)35-24)19-15-21(30)25(36(2)3)34-23(19)31/h7-8,14-16,32H,5-6,9-13H2,1-4H3,(H,33,39)(H,35,40). The maximum absolute atomic E-state index is 15.0. The number of ether oxygens (including phenoxy) is 1. The van der Waals surface area contributed by atoms with Crippen LogP contribution in [0.2, 0.25) is 5.02 Å². The third-order valence-corrected chi connectivity index (χ3v) is 7.31. The van der Waals surface area contributed by atoms with Crippen molar-refractivity contribution in [1.29, 1.82) is 0 Å². The fourth-order valence-electron chi connectivity index (χ4n) is 4.65. The number of imidazole rings is 1. The van der Waals surface area contributed by atoms with Crippen molar-refractivity contribution in [2.24, 2.45) is 7.05 Å². The van der Waals surface area contributed by atoms with Gasteiger partial charge in [0.15, 0.2) is 11.6 Å². The molecule has 14 heteroatoms. The van der Waals surface area contributed by atoms with Gasteiger partial charge in [0.2, 0.25) is 5.95 Å². The SMILES string of the molecule is CCCCOC(=O)N1CCC(NC(=O)c2ccc(Nc3[nH]c(=O)n(C)c3-c3cc(F)c(N(C)C)nc3F)cc2Cl)CC1. The van der Waals surface area contributed by atoms with Crippen LogP contribution in [0.4, 0.5) is 30.9 Å². The Labute approximate surface area is 246 Å². The van der Waals surface area contributed by atoms with Crippen LogP contribution in [0, 0.1) is 11.8 Å². The summed E-state index contributed by atoms with van der Waals surface area (Å²) >= 11 is 6.45. The minimum atomic E-state index is -0.956. The van der Waals surface area contributed by atoms with E-state index in [1.54, 1.807) is 11.0 Å². The molecule has 0 radical (unpaired) electrons. The van der Waals surface area contributed by atoms with Crippen LogP contribution >= 0.6 is 11.6 Å². The number of aromatic amines is 1. The summed E-state index contributed by atoms with van der Waals surface area (Å²) in [6, 6.07) is 5.44. The van der Waals surface area contributed by atoms with E-state index >= 15 is 0 Å². The van der Waals surface area contributed by atoms with E-state index in [4.69, 9.17) is 16.3 Å². The molecule has 1 aliphatic rings. The number of carbonyl (C=O) groups excluding carboxylic acids is 2. The molecule has 11 nitrogen and oxygen atoms in total. The molecule has 4 rings (SSSR count). The van der Waals surface area contributed by atoms with Gasteiger partial charge < -0.3 is 25.2 Å². The van der Waals surface area contributed by atoms with Crippen molar-refractivity contribution in [3.05, 3.63) is 57.1 Å². The Balaban J connectivity index is 1.44. The number of pyridine rings is 1. The van der Waals surface area contributed by atoms with Gasteiger partial charge in [-0.15, -0.1) is 0 Å². The molecule has 226 valence electrons. The molecule has 0 atom stereocenters. The Morgan fingerprint density at radius 1 is 1.21 bits per heavy atom. The molecule has 0 bridgehead atoms. The summed E-state index contributed by atoms with van der Waals surface area (Å²) in [4.78, 5) is 46.8. The minimum absolute atomic E-state index is 0.0488. The van der Waals surface area contributed by atoms with Crippen molar-refractivity contribution in [3.8, 4) is 11.3 Å². The van der Waals surface area contributed by atoms with E-state index in [1.807, 2.05) is 6.92 Å². The first kappa shape index (κ1) is 30.8. The number of benzene rings is 1. The summed E-state index contributed by atoms with van der Waals surface area (Å²) in [6.45, 7) is 3.37. The fourth-order valence-corrected chi connectivity index (χ4v) is 4.91. The van der Waals surface area contributed by atoms with Crippen molar-refractivity contribution in [3.63, 3.8) is 0 Å². The number of unbranched alkanes of at least 4 members (excludes halogenated alkanes) is 1. The molecule has 0 unspecified atom stereocenters. The van der Waals surface area contributed by atoms with Gasteiger partial charge in [0.25, 0.3) is 5.91 Å². The van der Waals surface area contributed by atoms with Gasteiger partial charge in [-0.1, -0.05) is 24.9 Å². The third-order valence-electron chi connectivity index (χ3n) is 6.99. The highest BCUT2D eigenvalue weighted by molar-refractivity contribution is 6.34. The van der Waals surface area contributed by atoms with E-state index in [2.05, 4.69) is 20.6 Å². The first-order valence-corrected chi connectivity index (χ1v) is 14.0. The molecule has 3 heterocycles. The number of aromatic nitrogens is 3. The number of rotatable bonds is 9. The zero-order chi connectivity index (χ0) is 30.6. The van der Waals surface area contributed by atoms with Crippen LogP contribution in [0.25, 0.3) is 11.3 Å². The monoisotopic (exact) mass is 605 g/mol. The highest BCUT2D eigenvalue weighted by atomic mass is 35.5. The van der Waals surface area contributed by atoms with Crippen LogP contribution in [-0.4, -0.2) is 71.3 Å². The molecule has 1 aromatic carbocycles. The summed E-state index contributed by atoms with van der Waals surface area (Å²) in [6.07, 6.45) is 2.59. The Morgan fingerprint density at radius 3 is 2.57 bits per heavy atom. The van der Waals surface area contributed by atoms with Gasteiger partial charge in [0.1, 0.15) is 5.82 Å². The number of likely N-dealkylation sites (tertiary alicyclic amines) is 1. The van der Waals surface area contributed by atoms with Gasteiger partial charge in [-0.25, -0.2) is 14.0 Å².